The van der Waals surface area contributed by atoms with E-state index in [1.165, 1.54) is 0 Å². The number of nitrogens with one attached hydrogen (secondary N) is 1. The Morgan fingerprint density at radius 3 is 2.19 bits per heavy atom. The summed E-state index contributed by atoms with van der Waals surface area (Å²) >= 11 is -0.498. The minimum atomic E-state index is -4.49. The van der Waals surface area contributed by atoms with Crippen molar-refractivity contribution in [1.82, 2.24) is 5.32 Å². The van der Waals surface area contributed by atoms with Crippen molar-refractivity contribution in [2.24, 2.45) is 5.92 Å². The number of halogens is 3. The molecule has 16 heavy (non-hydrogen) atoms. The third-order valence-electron chi connectivity index (χ3n) is 1.62. The number of amides is 1. The van der Waals surface area contributed by atoms with Gasteiger partial charge in [-0.15, -0.1) is 0 Å². The number of carboxylic acid groups (broad SMARTS) is 1. The molecule has 0 rings (SSSR count). The number of alkyl halides is 3. The van der Waals surface area contributed by atoms with Crippen LogP contribution in [-0.2, 0) is 9.59 Å². The van der Waals surface area contributed by atoms with E-state index in [1.807, 2.05) is 5.32 Å². The van der Waals surface area contributed by atoms with Gasteiger partial charge in [0.1, 0.15) is 6.04 Å². The van der Waals surface area contributed by atoms with Crippen LogP contribution in [0.5, 0.6) is 0 Å². The molecule has 0 aromatic heterocycles. The molecule has 0 radical (unpaired) electrons. The molecule has 0 saturated carbocycles. The van der Waals surface area contributed by atoms with Gasteiger partial charge < -0.3 is 10.4 Å². The Balaban J connectivity index is 4.17. The van der Waals surface area contributed by atoms with Crippen LogP contribution in [0.2, 0.25) is 0 Å². The first-order valence-corrected chi connectivity index (χ1v) is 5.35. The van der Waals surface area contributed by atoms with Crippen LogP contribution in [0.1, 0.15) is 13.8 Å². The Hall–Kier alpha value is -0.920. The molecule has 0 unspecified atom stereocenters. The first kappa shape index (κ1) is 15.1. The average Bonchev–Trinajstić information content (AvgIpc) is 2.08. The van der Waals surface area contributed by atoms with Crippen LogP contribution in [0.4, 0.5) is 13.2 Å². The molecule has 1 atom stereocenters. The van der Waals surface area contributed by atoms with Crippen LogP contribution >= 0.6 is 11.8 Å². The van der Waals surface area contributed by atoms with E-state index < -0.39 is 46.9 Å². The number of carboxylic acids is 1. The molecule has 0 spiro atoms. The summed E-state index contributed by atoms with van der Waals surface area (Å²) in [6.07, 6.45) is 0. The Morgan fingerprint density at radius 2 is 1.88 bits per heavy atom. The SMILES string of the molecule is CC(C)[C@H](NC(=O)CSC(F)(F)F)C(=O)O. The molecule has 0 aliphatic carbocycles. The van der Waals surface area contributed by atoms with Gasteiger partial charge in [0.2, 0.25) is 5.91 Å². The Kier molecular flexibility index (Phi) is 5.63. The molecule has 0 bridgehead atoms. The number of aliphatic carboxylic acids is 1. The standard InChI is InChI=1S/C8H12F3NO3S/c1-4(2)6(7(14)15)12-5(13)3-16-8(9,10)11/h4,6H,3H2,1-2H3,(H,12,13)(H,14,15)/t6-/m0/s1. The molecular formula is C8H12F3NO3S. The molecule has 8 heteroatoms. The highest BCUT2D eigenvalue weighted by molar-refractivity contribution is 8.00. The average molecular weight is 259 g/mol. The van der Waals surface area contributed by atoms with Crippen LogP contribution in [0.3, 0.4) is 0 Å². The molecule has 0 aliphatic rings. The van der Waals surface area contributed by atoms with E-state index in [-0.39, 0.29) is 0 Å². The van der Waals surface area contributed by atoms with Crippen LogP contribution in [0.25, 0.3) is 0 Å². The van der Waals surface area contributed by atoms with E-state index in [1.54, 1.807) is 13.8 Å². The lowest BCUT2D eigenvalue weighted by Crippen LogP contribution is -2.45. The topological polar surface area (TPSA) is 66.4 Å². The second kappa shape index (κ2) is 5.97. The Morgan fingerprint density at radius 1 is 1.38 bits per heavy atom. The second-order valence-electron chi connectivity index (χ2n) is 3.36. The largest absolute Gasteiger partial charge is 0.480 e. The van der Waals surface area contributed by atoms with Gasteiger partial charge in [0.05, 0.1) is 5.75 Å². The molecular weight excluding hydrogens is 247 g/mol. The van der Waals surface area contributed by atoms with Gasteiger partial charge in [0.25, 0.3) is 0 Å². The quantitative estimate of drug-likeness (QED) is 0.784. The molecule has 0 saturated heterocycles. The maximum Gasteiger partial charge on any atom is 0.442 e. The zero-order valence-electron chi connectivity index (χ0n) is 8.67. The summed E-state index contributed by atoms with van der Waals surface area (Å²) in [5, 5.41) is 10.7. The molecule has 1 amide bonds. The van der Waals surface area contributed by atoms with Crippen LogP contribution in [0.15, 0.2) is 0 Å². The molecule has 0 fully saturated rings. The van der Waals surface area contributed by atoms with E-state index in [9.17, 15) is 22.8 Å². The van der Waals surface area contributed by atoms with E-state index in [2.05, 4.69) is 0 Å². The summed E-state index contributed by atoms with van der Waals surface area (Å²) in [5.41, 5.74) is -4.49. The van der Waals surface area contributed by atoms with E-state index >= 15 is 0 Å². The van der Waals surface area contributed by atoms with E-state index in [0.717, 1.165) is 0 Å². The van der Waals surface area contributed by atoms with Gasteiger partial charge in [-0.05, 0) is 17.7 Å². The van der Waals surface area contributed by atoms with Gasteiger partial charge in [-0.2, -0.15) is 13.2 Å². The third kappa shape index (κ3) is 6.54. The number of hydrogen-bond acceptors (Lipinski definition) is 3. The maximum absolute atomic E-state index is 11.7. The van der Waals surface area contributed by atoms with Crippen molar-refractivity contribution in [3.63, 3.8) is 0 Å². The van der Waals surface area contributed by atoms with Crippen molar-refractivity contribution >= 4 is 23.6 Å². The molecule has 4 nitrogen and oxygen atoms in total. The van der Waals surface area contributed by atoms with Gasteiger partial charge in [0, 0.05) is 0 Å². The number of thioether (sulfide) groups is 1. The van der Waals surface area contributed by atoms with Gasteiger partial charge in [0.15, 0.2) is 0 Å². The predicted octanol–water partition coefficient (Wildman–Crippen LogP) is 1.46. The molecule has 0 aliphatic heterocycles. The first-order valence-electron chi connectivity index (χ1n) is 4.36. The molecule has 0 heterocycles. The van der Waals surface area contributed by atoms with Gasteiger partial charge in [-0.1, -0.05) is 13.8 Å². The molecule has 0 aromatic rings. The van der Waals surface area contributed by atoms with Gasteiger partial charge in [-0.25, -0.2) is 4.79 Å². The highest BCUT2D eigenvalue weighted by Gasteiger charge is 2.30. The molecule has 2 N–H and O–H groups in total. The third-order valence-corrected chi connectivity index (χ3v) is 2.35. The summed E-state index contributed by atoms with van der Waals surface area (Å²) in [6.45, 7) is 3.10. The zero-order valence-corrected chi connectivity index (χ0v) is 9.48. The Labute approximate surface area is 94.6 Å². The fourth-order valence-corrected chi connectivity index (χ4v) is 1.25. The fourth-order valence-electron chi connectivity index (χ4n) is 0.876. The van der Waals surface area contributed by atoms with Crippen molar-refractivity contribution in [3.05, 3.63) is 0 Å². The number of carbonyl (C=O) groups excluding carboxylic acids is 1. The second-order valence-corrected chi connectivity index (χ2v) is 4.40. The molecule has 94 valence electrons. The van der Waals surface area contributed by atoms with E-state index in [0.29, 0.717) is 0 Å². The minimum absolute atomic E-state index is 0.391. The Bertz CT molecular complexity index is 268. The number of carbonyl (C=O) groups is 2. The van der Waals surface area contributed by atoms with Crippen molar-refractivity contribution in [3.8, 4) is 0 Å². The van der Waals surface area contributed by atoms with Crippen LogP contribution < -0.4 is 5.32 Å². The summed E-state index contributed by atoms with van der Waals surface area (Å²) in [5.74, 6) is -3.43. The zero-order chi connectivity index (χ0) is 12.9. The summed E-state index contributed by atoms with van der Waals surface area (Å²) in [6, 6.07) is -1.17. The van der Waals surface area contributed by atoms with Crippen molar-refractivity contribution in [1.29, 1.82) is 0 Å². The first-order chi connectivity index (χ1) is 7.13. The van der Waals surface area contributed by atoms with Crippen molar-refractivity contribution in [2.45, 2.75) is 25.4 Å². The monoisotopic (exact) mass is 259 g/mol. The number of rotatable bonds is 5. The predicted molar refractivity (Wildman–Crippen MR) is 52.9 cm³/mol. The smallest absolute Gasteiger partial charge is 0.442 e. The van der Waals surface area contributed by atoms with Crippen molar-refractivity contribution in [2.75, 3.05) is 5.75 Å². The van der Waals surface area contributed by atoms with Gasteiger partial charge in [-0.3, -0.25) is 4.79 Å². The fraction of sp³-hybridized carbons (Fsp3) is 0.750. The maximum atomic E-state index is 11.7. The lowest BCUT2D eigenvalue weighted by molar-refractivity contribution is -0.142. The number of hydrogen-bond donors (Lipinski definition) is 2. The highest BCUT2D eigenvalue weighted by Crippen LogP contribution is 2.29. The van der Waals surface area contributed by atoms with Crippen molar-refractivity contribution < 1.29 is 27.9 Å². The summed E-state index contributed by atoms with van der Waals surface area (Å²) in [4.78, 5) is 21.6. The van der Waals surface area contributed by atoms with Crippen LogP contribution in [-0.4, -0.2) is 34.3 Å². The summed E-state index contributed by atoms with van der Waals surface area (Å²) in [7, 11) is 0. The summed E-state index contributed by atoms with van der Waals surface area (Å²) < 4.78 is 35.2. The highest BCUT2D eigenvalue weighted by atomic mass is 32.2. The van der Waals surface area contributed by atoms with E-state index in [4.69, 9.17) is 5.11 Å². The molecule has 0 aromatic carbocycles. The lowest BCUT2D eigenvalue weighted by atomic mass is 10.1. The van der Waals surface area contributed by atoms with Gasteiger partial charge >= 0.3 is 11.5 Å². The lowest BCUT2D eigenvalue weighted by Gasteiger charge is -2.17. The van der Waals surface area contributed by atoms with Crippen LogP contribution in [0, 0.1) is 5.92 Å². The normalized spacial score (nSPS) is 13.6. The minimum Gasteiger partial charge on any atom is -0.480 e.